The van der Waals surface area contributed by atoms with E-state index < -0.39 is 11.6 Å². The van der Waals surface area contributed by atoms with E-state index in [0.29, 0.717) is 29.8 Å². The second-order valence-electron chi connectivity index (χ2n) is 5.72. The number of nitrogens with two attached hydrogens (primary N) is 1. The molecule has 24 heavy (non-hydrogen) atoms. The van der Waals surface area contributed by atoms with Gasteiger partial charge in [-0.2, -0.15) is 5.26 Å². The molecule has 1 heterocycles. The van der Waals surface area contributed by atoms with Gasteiger partial charge in [0.1, 0.15) is 11.6 Å². The molecule has 0 fully saturated rings. The minimum Gasteiger partial charge on any atom is -0.354 e. The first-order valence-electron chi connectivity index (χ1n) is 7.84. The smallest absolute Gasteiger partial charge is 0.135 e. The van der Waals surface area contributed by atoms with Crippen molar-refractivity contribution in [1.29, 1.82) is 5.26 Å². The first kappa shape index (κ1) is 16.2. The summed E-state index contributed by atoms with van der Waals surface area (Å²) in [6, 6.07) is 11.0. The zero-order valence-corrected chi connectivity index (χ0v) is 13.1. The number of fused-ring (bicyclic) bond motifs is 1. The summed E-state index contributed by atoms with van der Waals surface area (Å²) >= 11 is 0. The summed E-state index contributed by atoms with van der Waals surface area (Å²) in [7, 11) is 0. The van der Waals surface area contributed by atoms with E-state index in [1.165, 1.54) is 12.1 Å². The van der Waals surface area contributed by atoms with Gasteiger partial charge < -0.3 is 10.7 Å². The highest BCUT2D eigenvalue weighted by atomic mass is 19.1. The summed E-state index contributed by atoms with van der Waals surface area (Å²) in [5.74, 6) is -1.22. The van der Waals surface area contributed by atoms with Crippen molar-refractivity contribution >= 4 is 10.9 Å². The van der Waals surface area contributed by atoms with Crippen molar-refractivity contribution in [2.75, 3.05) is 6.54 Å². The number of nitrogens with zero attached hydrogens (tertiary/aromatic N) is 1. The van der Waals surface area contributed by atoms with Gasteiger partial charge in [0.2, 0.25) is 0 Å². The van der Waals surface area contributed by atoms with Gasteiger partial charge in [-0.3, -0.25) is 0 Å². The molecule has 3 N–H and O–H groups in total. The number of H-pyrrole nitrogens is 1. The van der Waals surface area contributed by atoms with Crippen molar-refractivity contribution in [3.05, 3.63) is 59.2 Å². The molecular formula is C19H17F2N3. The molecule has 0 amide bonds. The summed E-state index contributed by atoms with van der Waals surface area (Å²) < 4.78 is 27.5. The first-order valence-corrected chi connectivity index (χ1v) is 7.84. The van der Waals surface area contributed by atoms with Crippen LogP contribution in [0.25, 0.3) is 22.2 Å². The zero-order chi connectivity index (χ0) is 17.1. The molecule has 0 spiro atoms. The van der Waals surface area contributed by atoms with Crippen molar-refractivity contribution in [1.82, 2.24) is 4.98 Å². The van der Waals surface area contributed by atoms with Gasteiger partial charge in [-0.15, -0.1) is 0 Å². The normalized spacial score (nSPS) is 10.9. The van der Waals surface area contributed by atoms with Gasteiger partial charge in [-0.25, -0.2) is 8.78 Å². The van der Waals surface area contributed by atoms with E-state index >= 15 is 0 Å². The first-order chi connectivity index (χ1) is 11.6. The number of hydrogen-bond donors (Lipinski definition) is 2. The maximum Gasteiger partial charge on any atom is 0.135 e. The second-order valence-corrected chi connectivity index (χ2v) is 5.72. The van der Waals surface area contributed by atoms with Crippen molar-refractivity contribution in [2.45, 2.75) is 19.3 Å². The molecule has 0 bridgehead atoms. The Kier molecular flexibility index (Phi) is 4.59. The molecule has 3 rings (SSSR count). The van der Waals surface area contributed by atoms with Gasteiger partial charge in [0.25, 0.3) is 0 Å². The van der Waals surface area contributed by atoms with Crippen LogP contribution >= 0.6 is 0 Å². The molecule has 0 saturated heterocycles. The summed E-state index contributed by atoms with van der Waals surface area (Å²) in [5.41, 5.74) is 8.83. The van der Waals surface area contributed by atoms with Crippen LogP contribution in [0.4, 0.5) is 8.78 Å². The predicted molar refractivity (Wildman–Crippen MR) is 90.4 cm³/mol. The van der Waals surface area contributed by atoms with E-state index in [2.05, 4.69) is 11.1 Å². The Hall–Kier alpha value is -2.71. The summed E-state index contributed by atoms with van der Waals surface area (Å²) in [4.78, 5) is 3.22. The molecule has 0 aliphatic carbocycles. The van der Waals surface area contributed by atoms with E-state index in [1.54, 1.807) is 12.1 Å². The molecule has 5 heteroatoms. The van der Waals surface area contributed by atoms with Gasteiger partial charge in [-0.1, -0.05) is 0 Å². The fourth-order valence-corrected chi connectivity index (χ4v) is 2.95. The third-order valence-electron chi connectivity index (χ3n) is 4.12. The van der Waals surface area contributed by atoms with Crippen molar-refractivity contribution in [3.8, 4) is 17.3 Å². The molecule has 0 aliphatic rings. The molecular weight excluding hydrogens is 308 g/mol. The fourth-order valence-electron chi connectivity index (χ4n) is 2.95. The Morgan fingerprint density at radius 1 is 1.08 bits per heavy atom. The van der Waals surface area contributed by atoms with Crippen LogP contribution < -0.4 is 5.73 Å². The monoisotopic (exact) mass is 325 g/mol. The highest BCUT2D eigenvalue weighted by molar-refractivity contribution is 5.91. The molecule has 0 atom stereocenters. The van der Waals surface area contributed by atoms with Crippen LogP contribution in [0, 0.1) is 23.0 Å². The van der Waals surface area contributed by atoms with E-state index in [9.17, 15) is 8.78 Å². The summed E-state index contributed by atoms with van der Waals surface area (Å²) in [5, 5.41) is 10.0. The third-order valence-corrected chi connectivity index (χ3v) is 4.12. The standard InChI is InChI=1S/C19H17F2N3/c20-13-5-6-15(17(21)10-13)19-14(3-1-2-8-22)16-9-12(11-23)4-7-18(16)24-19/h4-7,9-10,24H,1-3,8,22H2. The lowest BCUT2D eigenvalue weighted by atomic mass is 9.99. The largest absolute Gasteiger partial charge is 0.354 e. The van der Waals surface area contributed by atoms with Crippen LogP contribution in [-0.4, -0.2) is 11.5 Å². The average Bonchev–Trinajstić information content (AvgIpc) is 2.92. The van der Waals surface area contributed by atoms with Crippen LogP contribution in [0.5, 0.6) is 0 Å². The highest BCUT2D eigenvalue weighted by Crippen LogP contribution is 2.33. The van der Waals surface area contributed by atoms with E-state index in [-0.39, 0.29) is 0 Å². The number of hydrogen-bond acceptors (Lipinski definition) is 2. The minimum atomic E-state index is -0.609. The number of nitriles is 1. The number of aromatic amines is 1. The molecule has 0 unspecified atom stereocenters. The van der Waals surface area contributed by atoms with Crippen molar-refractivity contribution in [2.24, 2.45) is 5.73 Å². The lowest BCUT2D eigenvalue weighted by Crippen LogP contribution is -1.99. The molecule has 3 aromatic rings. The number of aromatic nitrogens is 1. The van der Waals surface area contributed by atoms with Gasteiger partial charge in [0, 0.05) is 22.5 Å². The molecule has 1 aromatic heterocycles. The van der Waals surface area contributed by atoms with Gasteiger partial charge in [0.15, 0.2) is 0 Å². The van der Waals surface area contributed by atoms with Crippen LogP contribution in [-0.2, 0) is 6.42 Å². The molecule has 0 radical (unpaired) electrons. The molecule has 0 aliphatic heterocycles. The summed E-state index contributed by atoms with van der Waals surface area (Å²) in [6.45, 7) is 0.589. The Bertz CT molecular complexity index is 922. The van der Waals surface area contributed by atoms with Gasteiger partial charge in [-0.05, 0) is 61.7 Å². The fraction of sp³-hybridized carbons (Fsp3) is 0.211. The number of unbranched alkanes of at least 4 members (excludes halogenated alkanes) is 1. The number of halogens is 2. The third kappa shape index (κ3) is 3.01. The van der Waals surface area contributed by atoms with E-state index in [0.717, 1.165) is 35.4 Å². The Morgan fingerprint density at radius 2 is 1.92 bits per heavy atom. The summed E-state index contributed by atoms with van der Waals surface area (Å²) in [6.07, 6.45) is 2.42. The van der Waals surface area contributed by atoms with Crippen LogP contribution in [0.2, 0.25) is 0 Å². The lowest BCUT2D eigenvalue weighted by Gasteiger charge is -2.06. The van der Waals surface area contributed by atoms with Crippen LogP contribution in [0.1, 0.15) is 24.0 Å². The number of rotatable bonds is 5. The maximum absolute atomic E-state index is 14.2. The lowest BCUT2D eigenvalue weighted by molar-refractivity contribution is 0.585. The Balaban J connectivity index is 2.18. The molecule has 3 nitrogen and oxygen atoms in total. The maximum atomic E-state index is 14.2. The van der Waals surface area contributed by atoms with Crippen LogP contribution in [0.3, 0.4) is 0 Å². The number of nitrogens with one attached hydrogen (secondary N) is 1. The Labute approximate surface area is 138 Å². The van der Waals surface area contributed by atoms with Gasteiger partial charge in [0.05, 0.1) is 17.3 Å². The molecule has 2 aromatic carbocycles. The topological polar surface area (TPSA) is 65.6 Å². The number of aryl methyl sites for hydroxylation is 1. The quantitative estimate of drug-likeness (QED) is 0.688. The van der Waals surface area contributed by atoms with Gasteiger partial charge >= 0.3 is 0 Å². The molecule has 0 saturated carbocycles. The minimum absolute atomic E-state index is 0.328. The zero-order valence-electron chi connectivity index (χ0n) is 13.1. The number of benzene rings is 2. The van der Waals surface area contributed by atoms with E-state index in [1.807, 2.05) is 6.07 Å². The van der Waals surface area contributed by atoms with E-state index in [4.69, 9.17) is 11.0 Å². The van der Waals surface area contributed by atoms with Crippen LogP contribution in [0.15, 0.2) is 36.4 Å². The average molecular weight is 325 g/mol. The molecule has 122 valence electrons. The SMILES string of the molecule is N#Cc1ccc2[nH]c(-c3ccc(F)cc3F)c(CCCCN)c2c1. The second kappa shape index (κ2) is 6.81. The van der Waals surface area contributed by atoms with Crippen molar-refractivity contribution in [3.63, 3.8) is 0 Å². The highest BCUT2D eigenvalue weighted by Gasteiger charge is 2.16. The predicted octanol–water partition coefficient (Wildman–Crippen LogP) is 4.27. The van der Waals surface area contributed by atoms with Crippen molar-refractivity contribution < 1.29 is 8.78 Å². The Morgan fingerprint density at radius 3 is 2.62 bits per heavy atom.